The van der Waals surface area contributed by atoms with Crippen molar-refractivity contribution in [3.05, 3.63) is 0 Å². The van der Waals surface area contributed by atoms with Gasteiger partial charge in [0.15, 0.2) is 5.96 Å². The molecular formula is C12H26N4O2S. The Hall–Kier alpha value is -0.820. The summed E-state index contributed by atoms with van der Waals surface area (Å²) in [6.45, 7) is 7.85. The summed E-state index contributed by atoms with van der Waals surface area (Å²) in [7, 11) is -3.25. The van der Waals surface area contributed by atoms with E-state index >= 15 is 0 Å². The summed E-state index contributed by atoms with van der Waals surface area (Å²) in [5, 5.41) is 0. The monoisotopic (exact) mass is 290 g/mol. The Labute approximate surface area is 116 Å². The molecule has 0 aromatic carbocycles. The predicted octanol–water partition coefficient (Wildman–Crippen LogP) is 0.361. The van der Waals surface area contributed by atoms with E-state index in [1.54, 1.807) is 13.8 Å². The van der Waals surface area contributed by atoms with Crippen LogP contribution in [0.4, 0.5) is 0 Å². The van der Waals surface area contributed by atoms with Gasteiger partial charge in [-0.05, 0) is 32.6 Å². The van der Waals surface area contributed by atoms with Gasteiger partial charge < -0.3 is 10.6 Å². The quantitative estimate of drug-likeness (QED) is 0.565. The van der Waals surface area contributed by atoms with Crippen molar-refractivity contribution in [3.8, 4) is 0 Å². The maximum absolute atomic E-state index is 11.6. The van der Waals surface area contributed by atoms with Crippen molar-refractivity contribution in [1.82, 2.24) is 9.62 Å². The van der Waals surface area contributed by atoms with Crippen molar-refractivity contribution in [3.63, 3.8) is 0 Å². The van der Waals surface area contributed by atoms with E-state index in [0.29, 0.717) is 5.96 Å². The van der Waals surface area contributed by atoms with E-state index in [4.69, 9.17) is 5.73 Å². The molecule has 1 saturated heterocycles. The van der Waals surface area contributed by atoms with Crippen molar-refractivity contribution in [2.45, 2.75) is 39.7 Å². The van der Waals surface area contributed by atoms with Crippen LogP contribution in [0.1, 0.15) is 33.6 Å². The molecule has 112 valence electrons. The van der Waals surface area contributed by atoms with Crippen molar-refractivity contribution >= 4 is 16.0 Å². The zero-order valence-corrected chi connectivity index (χ0v) is 12.9. The van der Waals surface area contributed by atoms with Gasteiger partial charge >= 0.3 is 0 Å². The highest BCUT2D eigenvalue weighted by molar-refractivity contribution is 7.89. The molecule has 0 aliphatic carbocycles. The lowest BCUT2D eigenvalue weighted by Crippen LogP contribution is -2.43. The van der Waals surface area contributed by atoms with Crippen LogP contribution in [0, 0.1) is 5.92 Å². The Morgan fingerprint density at radius 1 is 1.42 bits per heavy atom. The molecule has 0 aromatic rings. The molecular weight excluding hydrogens is 264 g/mol. The number of nitrogens with two attached hydrogens (primary N) is 1. The summed E-state index contributed by atoms with van der Waals surface area (Å²) in [4.78, 5) is 6.20. The zero-order valence-electron chi connectivity index (χ0n) is 12.1. The summed E-state index contributed by atoms with van der Waals surface area (Å²) < 4.78 is 25.7. The van der Waals surface area contributed by atoms with E-state index in [1.165, 1.54) is 0 Å². The summed E-state index contributed by atoms with van der Waals surface area (Å²) in [5.41, 5.74) is 5.89. The molecule has 0 unspecified atom stereocenters. The van der Waals surface area contributed by atoms with Crippen LogP contribution in [0.5, 0.6) is 0 Å². The third-order valence-corrected chi connectivity index (χ3v) is 4.71. The Balaban J connectivity index is 2.40. The summed E-state index contributed by atoms with van der Waals surface area (Å²) in [5.74, 6) is 1.18. The number of hydrogen-bond acceptors (Lipinski definition) is 3. The van der Waals surface area contributed by atoms with Crippen LogP contribution < -0.4 is 10.5 Å². The van der Waals surface area contributed by atoms with Gasteiger partial charge in [-0.3, -0.25) is 4.99 Å². The van der Waals surface area contributed by atoms with Crippen molar-refractivity contribution in [2.75, 3.05) is 25.4 Å². The zero-order chi connectivity index (χ0) is 14.5. The number of piperidine rings is 1. The van der Waals surface area contributed by atoms with E-state index in [9.17, 15) is 8.42 Å². The van der Waals surface area contributed by atoms with Gasteiger partial charge in [-0.2, -0.15) is 0 Å². The SMILES string of the molecule is CC1CCN(C(N)=NCCS(=O)(=O)NC(C)C)CC1. The fourth-order valence-electron chi connectivity index (χ4n) is 2.04. The second kappa shape index (κ2) is 7.09. The van der Waals surface area contributed by atoms with Crippen LogP contribution in [-0.4, -0.2) is 50.7 Å². The highest BCUT2D eigenvalue weighted by atomic mass is 32.2. The van der Waals surface area contributed by atoms with Crippen LogP contribution in [0.25, 0.3) is 0 Å². The van der Waals surface area contributed by atoms with Gasteiger partial charge in [0.1, 0.15) is 0 Å². The van der Waals surface area contributed by atoms with Crippen LogP contribution in [0.3, 0.4) is 0 Å². The smallest absolute Gasteiger partial charge is 0.213 e. The maximum Gasteiger partial charge on any atom is 0.213 e. The van der Waals surface area contributed by atoms with E-state index in [1.807, 2.05) is 4.90 Å². The Bertz CT molecular complexity index is 398. The number of aliphatic imine (C=N–C) groups is 1. The molecule has 19 heavy (non-hydrogen) atoms. The molecule has 0 saturated carbocycles. The molecule has 1 aliphatic rings. The first-order chi connectivity index (χ1) is 8.80. The molecule has 0 amide bonds. The number of rotatable bonds is 5. The van der Waals surface area contributed by atoms with Gasteiger partial charge in [0.25, 0.3) is 0 Å². The molecule has 0 radical (unpaired) electrons. The van der Waals surface area contributed by atoms with Gasteiger partial charge in [-0.25, -0.2) is 13.1 Å². The second-order valence-corrected chi connectivity index (χ2v) is 7.37. The fourth-order valence-corrected chi connectivity index (χ4v) is 3.20. The minimum Gasteiger partial charge on any atom is -0.370 e. The molecule has 3 N–H and O–H groups in total. The molecule has 1 rings (SSSR count). The average molecular weight is 290 g/mol. The van der Waals surface area contributed by atoms with E-state index in [0.717, 1.165) is 31.8 Å². The fraction of sp³-hybridized carbons (Fsp3) is 0.917. The lowest BCUT2D eigenvalue weighted by atomic mass is 10.00. The van der Waals surface area contributed by atoms with Gasteiger partial charge in [-0.1, -0.05) is 6.92 Å². The highest BCUT2D eigenvalue weighted by Gasteiger charge is 2.17. The molecule has 0 spiro atoms. The number of hydrogen-bond donors (Lipinski definition) is 2. The van der Waals surface area contributed by atoms with Crippen LogP contribution >= 0.6 is 0 Å². The minimum absolute atomic E-state index is 0.0177. The first-order valence-corrected chi connectivity index (χ1v) is 8.50. The van der Waals surface area contributed by atoms with Gasteiger partial charge in [0.2, 0.25) is 10.0 Å². The Morgan fingerprint density at radius 2 is 2.00 bits per heavy atom. The number of sulfonamides is 1. The molecule has 1 fully saturated rings. The summed E-state index contributed by atoms with van der Waals surface area (Å²) in [6, 6.07) is -0.0880. The topological polar surface area (TPSA) is 87.8 Å². The Morgan fingerprint density at radius 3 is 2.53 bits per heavy atom. The molecule has 1 aliphatic heterocycles. The number of nitrogens with one attached hydrogen (secondary N) is 1. The van der Waals surface area contributed by atoms with Crippen LogP contribution in [0.2, 0.25) is 0 Å². The molecule has 6 nitrogen and oxygen atoms in total. The normalized spacial score (nSPS) is 19.2. The lowest BCUT2D eigenvalue weighted by molar-refractivity contribution is 0.278. The average Bonchev–Trinajstić information content (AvgIpc) is 2.27. The highest BCUT2D eigenvalue weighted by Crippen LogP contribution is 2.15. The second-order valence-electron chi connectivity index (χ2n) is 5.50. The van der Waals surface area contributed by atoms with Crippen molar-refractivity contribution in [2.24, 2.45) is 16.6 Å². The number of nitrogens with zero attached hydrogens (tertiary/aromatic N) is 2. The summed E-state index contributed by atoms with van der Waals surface area (Å²) >= 11 is 0. The third kappa shape index (κ3) is 6.24. The largest absolute Gasteiger partial charge is 0.370 e. The maximum atomic E-state index is 11.6. The van der Waals surface area contributed by atoms with E-state index in [-0.39, 0.29) is 18.3 Å². The van der Waals surface area contributed by atoms with Crippen molar-refractivity contribution < 1.29 is 8.42 Å². The standard InChI is InChI=1S/C12H26N4O2S/c1-10(2)15-19(17,18)9-6-14-12(13)16-7-4-11(3)5-8-16/h10-11,15H,4-9H2,1-3H3,(H2,13,14). The third-order valence-electron chi connectivity index (χ3n) is 3.16. The van der Waals surface area contributed by atoms with E-state index < -0.39 is 10.0 Å². The van der Waals surface area contributed by atoms with Crippen molar-refractivity contribution in [1.29, 1.82) is 0 Å². The van der Waals surface area contributed by atoms with E-state index in [2.05, 4.69) is 16.6 Å². The number of likely N-dealkylation sites (tertiary alicyclic amines) is 1. The minimum atomic E-state index is -3.25. The first kappa shape index (κ1) is 16.2. The molecule has 7 heteroatoms. The number of guanidine groups is 1. The Kier molecular flexibility index (Phi) is 6.06. The van der Waals surface area contributed by atoms with Gasteiger partial charge in [0.05, 0.1) is 12.3 Å². The molecule has 0 atom stereocenters. The first-order valence-electron chi connectivity index (χ1n) is 6.85. The summed E-state index contributed by atoms with van der Waals surface area (Å²) in [6.07, 6.45) is 2.23. The van der Waals surface area contributed by atoms with Gasteiger partial charge in [-0.15, -0.1) is 0 Å². The van der Waals surface area contributed by atoms with Gasteiger partial charge in [0, 0.05) is 19.1 Å². The molecule has 0 bridgehead atoms. The molecule has 1 heterocycles. The van der Waals surface area contributed by atoms with Crippen LogP contribution in [-0.2, 0) is 10.0 Å². The molecule has 0 aromatic heterocycles. The predicted molar refractivity (Wildman–Crippen MR) is 78.5 cm³/mol. The lowest BCUT2D eigenvalue weighted by Gasteiger charge is -2.31. The van der Waals surface area contributed by atoms with Crippen LogP contribution in [0.15, 0.2) is 4.99 Å².